The molecule has 0 aliphatic carbocycles. The lowest BCUT2D eigenvalue weighted by Crippen LogP contribution is -2.19. The van der Waals surface area contributed by atoms with E-state index in [-0.39, 0.29) is 12.4 Å². The zero-order valence-electron chi connectivity index (χ0n) is 11.7. The van der Waals surface area contributed by atoms with E-state index in [1.54, 1.807) is 29.8 Å². The zero-order valence-corrected chi connectivity index (χ0v) is 12.5. The van der Waals surface area contributed by atoms with Crippen LogP contribution in [-0.2, 0) is 19.4 Å². The largest absolute Gasteiger partial charge is 0.484 e. The summed E-state index contributed by atoms with van der Waals surface area (Å²) < 4.78 is 42.7. The second-order valence-corrected chi connectivity index (χ2v) is 5.40. The van der Waals surface area contributed by atoms with Gasteiger partial charge in [-0.2, -0.15) is 13.2 Å². The van der Waals surface area contributed by atoms with Crippen molar-refractivity contribution >= 4 is 11.8 Å². The van der Waals surface area contributed by atoms with Crippen LogP contribution in [0, 0.1) is 0 Å². The van der Waals surface area contributed by atoms with Crippen LogP contribution in [0.5, 0.6) is 5.75 Å². The Morgan fingerprint density at radius 2 is 2.09 bits per heavy atom. The fourth-order valence-electron chi connectivity index (χ4n) is 1.65. The third-order valence-corrected chi connectivity index (χ3v) is 3.83. The summed E-state index contributed by atoms with van der Waals surface area (Å²) in [6, 6.07) is 6.46. The normalized spacial score (nSPS) is 11.7. The number of ether oxygens (including phenoxy) is 1. The van der Waals surface area contributed by atoms with Gasteiger partial charge in [0.25, 0.3) is 0 Å². The molecule has 2 aromatic rings. The highest BCUT2D eigenvalue weighted by Gasteiger charge is 2.28. The Morgan fingerprint density at radius 1 is 1.32 bits per heavy atom. The SMILES string of the molecule is Cn1c(CO)nnc1SCc1cccc(OCC(F)(F)F)c1. The van der Waals surface area contributed by atoms with Crippen molar-refractivity contribution in [2.45, 2.75) is 23.7 Å². The third kappa shape index (κ3) is 4.63. The number of halogens is 3. The molecule has 1 aromatic heterocycles. The van der Waals surface area contributed by atoms with Gasteiger partial charge in [-0.25, -0.2) is 0 Å². The minimum atomic E-state index is -4.36. The number of hydrogen-bond donors (Lipinski definition) is 1. The average Bonchev–Trinajstić information content (AvgIpc) is 2.83. The Balaban J connectivity index is 1.96. The second kappa shape index (κ2) is 7.01. The van der Waals surface area contributed by atoms with Crippen molar-refractivity contribution in [3.05, 3.63) is 35.7 Å². The van der Waals surface area contributed by atoms with Crippen LogP contribution in [0.4, 0.5) is 13.2 Å². The van der Waals surface area contributed by atoms with Gasteiger partial charge in [-0.1, -0.05) is 23.9 Å². The summed E-state index contributed by atoms with van der Waals surface area (Å²) in [5.41, 5.74) is 0.804. The van der Waals surface area contributed by atoms with Crippen LogP contribution >= 0.6 is 11.8 Å². The number of benzene rings is 1. The van der Waals surface area contributed by atoms with Crippen LogP contribution in [0.3, 0.4) is 0 Å². The zero-order chi connectivity index (χ0) is 16.2. The first-order valence-corrected chi connectivity index (χ1v) is 7.28. The molecule has 22 heavy (non-hydrogen) atoms. The molecule has 5 nitrogen and oxygen atoms in total. The molecule has 0 saturated heterocycles. The maximum Gasteiger partial charge on any atom is 0.422 e. The van der Waals surface area contributed by atoms with Crippen molar-refractivity contribution in [1.29, 1.82) is 0 Å². The summed E-state index contributed by atoms with van der Waals surface area (Å²) in [6.45, 7) is -1.52. The molecule has 0 atom stereocenters. The molecule has 0 amide bonds. The van der Waals surface area contributed by atoms with Gasteiger partial charge in [0, 0.05) is 12.8 Å². The number of rotatable bonds is 6. The van der Waals surface area contributed by atoms with Crippen molar-refractivity contribution in [1.82, 2.24) is 14.8 Å². The summed E-state index contributed by atoms with van der Waals surface area (Å²) in [4.78, 5) is 0. The summed E-state index contributed by atoms with van der Waals surface area (Å²) in [5, 5.41) is 17.4. The van der Waals surface area contributed by atoms with Gasteiger partial charge >= 0.3 is 6.18 Å². The molecule has 0 fully saturated rings. The lowest BCUT2D eigenvalue weighted by atomic mass is 10.2. The molecule has 0 aliphatic rings. The highest BCUT2D eigenvalue weighted by molar-refractivity contribution is 7.98. The van der Waals surface area contributed by atoms with Crippen LogP contribution in [0.15, 0.2) is 29.4 Å². The van der Waals surface area contributed by atoms with Crippen LogP contribution in [0.25, 0.3) is 0 Å². The number of aliphatic hydroxyl groups excluding tert-OH is 1. The molecular weight excluding hydrogens is 319 g/mol. The Bertz CT molecular complexity index is 631. The van der Waals surface area contributed by atoms with E-state index < -0.39 is 12.8 Å². The fraction of sp³-hybridized carbons (Fsp3) is 0.385. The summed E-state index contributed by atoms with van der Waals surface area (Å²) in [7, 11) is 1.73. The molecule has 120 valence electrons. The first-order valence-electron chi connectivity index (χ1n) is 6.29. The fourth-order valence-corrected chi connectivity index (χ4v) is 2.52. The second-order valence-electron chi connectivity index (χ2n) is 4.46. The number of nitrogens with zero attached hydrogens (tertiary/aromatic N) is 3. The topological polar surface area (TPSA) is 60.2 Å². The third-order valence-electron chi connectivity index (χ3n) is 2.74. The predicted octanol–water partition coefficient (Wildman–Crippen LogP) is 2.54. The molecule has 0 bridgehead atoms. The number of hydrogen-bond acceptors (Lipinski definition) is 5. The average molecular weight is 333 g/mol. The number of aromatic nitrogens is 3. The van der Waals surface area contributed by atoms with E-state index in [9.17, 15) is 13.2 Å². The van der Waals surface area contributed by atoms with Crippen molar-refractivity contribution in [3.8, 4) is 5.75 Å². The number of aliphatic hydroxyl groups is 1. The highest BCUT2D eigenvalue weighted by Crippen LogP contribution is 2.24. The number of thioether (sulfide) groups is 1. The van der Waals surface area contributed by atoms with Gasteiger partial charge in [0.05, 0.1) is 0 Å². The molecule has 1 heterocycles. The Hall–Kier alpha value is -1.74. The predicted molar refractivity (Wildman–Crippen MR) is 74.5 cm³/mol. The van der Waals surface area contributed by atoms with E-state index >= 15 is 0 Å². The van der Waals surface area contributed by atoms with E-state index in [2.05, 4.69) is 10.2 Å². The maximum atomic E-state index is 12.1. The highest BCUT2D eigenvalue weighted by atomic mass is 32.2. The molecule has 0 saturated carbocycles. The van der Waals surface area contributed by atoms with Gasteiger partial charge in [0.15, 0.2) is 17.6 Å². The molecule has 9 heteroatoms. The molecule has 0 aliphatic heterocycles. The smallest absolute Gasteiger partial charge is 0.422 e. The molecule has 0 unspecified atom stereocenters. The Morgan fingerprint density at radius 3 is 2.73 bits per heavy atom. The minimum Gasteiger partial charge on any atom is -0.484 e. The summed E-state index contributed by atoms with van der Waals surface area (Å²) >= 11 is 1.37. The molecule has 2 rings (SSSR count). The van der Waals surface area contributed by atoms with Crippen molar-refractivity contribution in [2.24, 2.45) is 7.05 Å². The van der Waals surface area contributed by atoms with E-state index in [1.165, 1.54) is 17.8 Å². The van der Waals surface area contributed by atoms with E-state index in [0.29, 0.717) is 16.7 Å². The van der Waals surface area contributed by atoms with Gasteiger partial charge in [0.2, 0.25) is 0 Å². The van der Waals surface area contributed by atoms with E-state index in [0.717, 1.165) is 5.56 Å². The summed E-state index contributed by atoms with van der Waals surface area (Å²) in [5.74, 6) is 1.12. The lowest BCUT2D eigenvalue weighted by molar-refractivity contribution is -0.153. The van der Waals surface area contributed by atoms with Gasteiger partial charge in [0.1, 0.15) is 12.4 Å². The minimum absolute atomic E-state index is 0.171. The van der Waals surface area contributed by atoms with Gasteiger partial charge in [-0.3, -0.25) is 0 Å². The van der Waals surface area contributed by atoms with E-state index in [1.807, 2.05) is 0 Å². The van der Waals surface area contributed by atoms with Gasteiger partial charge in [-0.15, -0.1) is 10.2 Å². The monoisotopic (exact) mass is 333 g/mol. The first-order chi connectivity index (χ1) is 10.4. The van der Waals surface area contributed by atoms with Crippen molar-refractivity contribution < 1.29 is 23.0 Å². The summed E-state index contributed by atoms with van der Waals surface area (Å²) in [6.07, 6.45) is -4.36. The Kier molecular flexibility index (Phi) is 5.30. The maximum absolute atomic E-state index is 12.1. The standard InChI is InChI=1S/C13H14F3N3O2S/c1-19-11(6-20)17-18-12(19)22-7-9-3-2-4-10(5-9)21-8-13(14,15)16/h2-5,20H,6-8H2,1H3. The number of alkyl halides is 3. The van der Waals surface area contributed by atoms with E-state index in [4.69, 9.17) is 9.84 Å². The van der Waals surface area contributed by atoms with Crippen LogP contribution in [0.2, 0.25) is 0 Å². The van der Waals surface area contributed by atoms with Crippen molar-refractivity contribution in [3.63, 3.8) is 0 Å². The van der Waals surface area contributed by atoms with Gasteiger partial charge < -0.3 is 14.4 Å². The van der Waals surface area contributed by atoms with Crippen LogP contribution in [0.1, 0.15) is 11.4 Å². The van der Waals surface area contributed by atoms with Crippen LogP contribution in [-0.4, -0.2) is 32.7 Å². The Labute approximate surface area is 129 Å². The quantitative estimate of drug-likeness (QED) is 0.823. The molecule has 0 spiro atoms. The first kappa shape index (κ1) is 16.6. The van der Waals surface area contributed by atoms with Gasteiger partial charge in [-0.05, 0) is 17.7 Å². The molecule has 0 radical (unpaired) electrons. The lowest BCUT2D eigenvalue weighted by Gasteiger charge is -2.10. The molecule has 1 aromatic carbocycles. The van der Waals surface area contributed by atoms with Crippen LogP contribution < -0.4 is 4.74 Å². The molecular formula is C13H14F3N3O2S. The van der Waals surface area contributed by atoms with Crippen molar-refractivity contribution in [2.75, 3.05) is 6.61 Å². The molecule has 1 N–H and O–H groups in total.